The highest BCUT2D eigenvalue weighted by Gasteiger charge is 2.07. The van der Waals surface area contributed by atoms with Crippen LogP contribution < -0.4 is 5.32 Å². The second-order valence-electron chi connectivity index (χ2n) is 5.28. The van der Waals surface area contributed by atoms with Crippen molar-refractivity contribution >= 4 is 23.5 Å². The molecule has 0 atom stereocenters. The Kier molecular flexibility index (Phi) is 7.08. The number of benzene rings is 1. The summed E-state index contributed by atoms with van der Waals surface area (Å²) in [4.78, 5) is 35.3. The summed E-state index contributed by atoms with van der Waals surface area (Å²) in [6, 6.07) is 7.13. The van der Waals surface area contributed by atoms with Gasteiger partial charge in [-0.3, -0.25) is 14.4 Å². The summed E-state index contributed by atoms with van der Waals surface area (Å²) in [7, 11) is 3.37. The van der Waals surface area contributed by atoms with Gasteiger partial charge in [-0.1, -0.05) is 12.1 Å². The number of rotatable bonds is 8. The molecule has 0 fully saturated rings. The topological polar surface area (TPSA) is 86.7 Å². The first-order valence-electron chi connectivity index (χ1n) is 7.19. The van der Waals surface area contributed by atoms with Gasteiger partial charge in [0.25, 0.3) is 0 Å². The van der Waals surface area contributed by atoms with Gasteiger partial charge >= 0.3 is 5.97 Å². The molecule has 0 aromatic heterocycles. The van der Waals surface area contributed by atoms with E-state index in [1.165, 1.54) is 4.90 Å². The number of amides is 2. The Balaban J connectivity index is 2.42. The van der Waals surface area contributed by atoms with E-state index in [0.29, 0.717) is 24.9 Å². The number of carbonyl (C=O) groups is 3. The molecule has 1 rings (SSSR count). The zero-order valence-electron chi connectivity index (χ0n) is 13.0. The van der Waals surface area contributed by atoms with Gasteiger partial charge in [-0.05, 0) is 30.5 Å². The molecule has 0 spiro atoms. The zero-order chi connectivity index (χ0) is 16.5. The fraction of sp³-hybridized carbons (Fsp3) is 0.438. The molecular weight excluding hydrogens is 284 g/mol. The van der Waals surface area contributed by atoms with Crippen LogP contribution in [0.25, 0.3) is 0 Å². The number of aryl methyl sites for hydroxylation is 1. The maximum absolute atomic E-state index is 11.8. The number of hydrogen-bond acceptors (Lipinski definition) is 3. The van der Waals surface area contributed by atoms with Crippen LogP contribution >= 0.6 is 0 Å². The molecule has 0 aliphatic rings. The van der Waals surface area contributed by atoms with Crippen molar-refractivity contribution in [1.82, 2.24) is 4.90 Å². The van der Waals surface area contributed by atoms with Gasteiger partial charge in [0.2, 0.25) is 11.8 Å². The van der Waals surface area contributed by atoms with Crippen molar-refractivity contribution in [2.45, 2.75) is 32.1 Å². The van der Waals surface area contributed by atoms with Crippen LogP contribution in [0.4, 0.5) is 5.69 Å². The molecule has 0 bridgehead atoms. The summed E-state index contributed by atoms with van der Waals surface area (Å²) in [5.74, 6) is -0.995. The van der Waals surface area contributed by atoms with Gasteiger partial charge in [-0.2, -0.15) is 0 Å². The third-order valence-electron chi connectivity index (χ3n) is 3.13. The lowest BCUT2D eigenvalue weighted by molar-refractivity contribution is -0.137. The summed E-state index contributed by atoms with van der Waals surface area (Å²) in [5, 5.41) is 11.4. The van der Waals surface area contributed by atoms with Crippen LogP contribution in [0.5, 0.6) is 0 Å². The number of carboxylic acid groups (broad SMARTS) is 1. The average molecular weight is 306 g/mol. The van der Waals surface area contributed by atoms with Gasteiger partial charge in [0, 0.05) is 39.0 Å². The highest BCUT2D eigenvalue weighted by Crippen LogP contribution is 2.13. The number of nitrogens with one attached hydrogen (secondary N) is 1. The van der Waals surface area contributed by atoms with E-state index in [1.54, 1.807) is 32.3 Å². The molecule has 0 unspecified atom stereocenters. The van der Waals surface area contributed by atoms with E-state index in [2.05, 4.69) is 5.32 Å². The average Bonchev–Trinajstić information content (AvgIpc) is 2.45. The van der Waals surface area contributed by atoms with E-state index in [4.69, 9.17) is 5.11 Å². The van der Waals surface area contributed by atoms with Gasteiger partial charge in [-0.25, -0.2) is 0 Å². The Morgan fingerprint density at radius 1 is 1.14 bits per heavy atom. The molecule has 22 heavy (non-hydrogen) atoms. The predicted octanol–water partition coefficient (Wildman–Crippen LogP) is 1.90. The minimum absolute atomic E-state index is 0.00321. The molecule has 6 heteroatoms. The highest BCUT2D eigenvalue weighted by atomic mass is 16.4. The summed E-state index contributed by atoms with van der Waals surface area (Å²) in [5.41, 5.74) is 1.51. The van der Waals surface area contributed by atoms with Gasteiger partial charge in [0.05, 0.1) is 0 Å². The summed E-state index contributed by atoms with van der Waals surface area (Å²) < 4.78 is 0. The first kappa shape index (κ1) is 17.7. The molecule has 1 aromatic carbocycles. The maximum Gasteiger partial charge on any atom is 0.303 e. The Hall–Kier alpha value is -2.37. The van der Waals surface area contributed by atoms with Crippen LogP contribution in [0.15, 0.2) is 24.3 Å². The van der Waals surface area contributed by atoms with Crippen LogP contribution in [-0.2, 0) is 20.8 Å². The SMILES string of the molecule is CN(C)C(=O)CCCC(=O)Nc1cccc(CCC(=O)O)c1. The number of nitrogens with zero attached hydrogens (tertiary/aromatic N) is 1. The molecule has 0 aliphatic carbocycles. The van der Waals surface area contributed by atoms with E-state index < -0.39 is 5.97 Å². The molecule has 2 N–H and O–H groups in total. The lowest BCUT2D eigenvalue weighted by Gasteiger charge is -2.10. The van der Waals surface area contributed by atoms with Gasteiger partial charge in [-0.15, -0.1) is 0 Å². The van der Waals surface area contributed by atoms with Crippen LogP contribution in [0.2, 0.25) is 0 Å². The second-order valence-corrected chi connectivity index (χ2v) is 5.28. The van der Waals surface area contributed by atoms with E-state index in [-0.39, 0.29) is 24.7 Å². The summed E-state index contributed by atoms with van der Waals surface area (Å²) >= 11 is 0. The number of carboxylic acids is 1. The Labute approximate surface area is 130 Å². The van der Waals surface area contributed by atoms with E-state index in [1.807, 2.05) is 6.07 Å². The minimum Gasteiger partial charge on any atom is -0.481 e. The molecular formula is C16H22N2O4. The Bertz CT molecular complexity index is 541. The molecule has 0 radical (unpaired) electrons. The Morgan fingerprint density at radius 3 is 2.50 bits per heavy atom. The Morgan fingerprint density at radius 2 is 1.86 bits per heavy atom. The number of hydrogen-bond donors (Lipinski definition) is 2. The normalized spacial score (nSPS) is 10.1. The van der Waals surface area contributed by atoms with Crippen LogP contribution in [0.3, 0.4) is 0 Å². The lowest BCUT2D eigenvalue weighted by Crippen LogP contribution is -2.21. The molecule has 0 heterocycles. The van der Waals surface area contributed by atoms with Crippen molar-refractivity contribution in [3.05, 3.63) is 29.8 Å². The fourth-order valence-electron chi connectivity index (χ4n) is 1.90. The number of aliphatic carboxylic acids is 1. The van der Waals surface area contributed by atoms with Crippen LogP contribution in [-0.4, -0.2) is 41.9 Å². The summed E-state index contributed by atoms with van der Waals surface area (Å²) in [6.07, 6.45) is 1.61. The monoisotopic (exact) mass is 306 g/mol. The van der Waals surface area contributed by atoms with Gasteiger partial charge in [0.15, 0.2) is 0 Å². The second kappa shape index (κ2) is 8.81. The van der Waals surface area contributed by atoms with E-state index in [0.717, 1.165) is 5.56 Å². The van der Waals surface area contributed by atoms with Crippen molar-refractivity contribution in [2.75, 3.05) is 19.4 Å². The van der Waals surface area contributed by atoms with Gasteiger partial charge < -0.3 is 15.3 Å². The standard InChI is InChI=1S/C16H22N2O4/c1-18(2)15(20)8-4-7-14(19)17-13-6-3-5-12(11-13)9-10-16(21)22/h3,5-6,11H,4,7-10H2,1-2H3,(H,17,19)(H,21,22). The van der Waals surface area contributed by atoms with Crippen LogP contribution in [0.1, 0.15) is 31.2 Å². The number of anilines is 1. The first-order chi connectivity index (χ1) is 10.4. The smallest absolute Gasteiger partial charge is 0.303 e. The van der Waals surface area contributed by atoms with Crippen molar-refractivity contribution in [1.29, 1.82) is 0 Å². The van der Waals surface area contributed by atoms with E-state index >= 15 is 0 Å². The minimum atomic E-state index is -0.847. The maximum atomic E-state index is 11.8. The van der Waals surface area contributed by atoms with E-state index in [9.17, 15) is 14.4 Å². The quantitative estimate of drug-likeness (QED) is 0.768. The van der Waals surface area contributed by atoms with Crippen molar-refractivity contribution < 1.29 is 19.5 Å². The van der Waals surface area contributed by atoms with Crippen molar-refractivity contribution in [2.24, 2.45) is 0 Å². The van der Waals surface area contributed by atoms with Crippen molar-refractivity contribution in [3.8, 4) is 0 Å². The molecule has 0 saturated carbocycles. The molecule has 120 valence electrons. The third-order valence-corrected chi connectivity index (χ3v) is 3.13. The van der Waals surface area contributed by atoms with Crippen molar-refractivity contribution in [3.63, 3.8) is 0 Å². The third kappa shape index (κ3) is 6.88. The molecule has 0 saturated heterocycles. The first-order valence-corrected chi connectivity index (χ1v) is 7.19. The predicted molar refractivity (Wildman–Crippen MR) is 83.6 cm³/mol. The zero-order valence-corrected chi connectivity index (χ0v) is 13.0. The molecule has 2 amide bonds. The molecule has 0 aliphatic heterocycles. The largest absolute Gasteiger partial charge is 0.481 e. The fourth-order valence-corrected chi connectivity index (χ4v) is 1.90. The van der Waals surface area contributed by atoms with Crippen LogP contribution in [0, 0.1) is 0 Å². The van der Waals surface area contributed by atoms with Gasteiger partial charge in [0.1, 0.15) is 0 Å². The lowest BCUT2D eigenvalue weighted by atomic mass is 10.1. The summed E-state index contributed by atoms with van der Waals surface area (Å²) in [6.45, 7) is 0. The highest BCUT2D eigenvalue weighted by molar-refractivity contribution is 5.91. The molecule has 6 nitrogen and oxygen atoms in total. The number of carbonyl (C=O) groups excluding carboxylic acids is 2. The molecule has 1 aromatic rings.